The normalized spacial score (nSPS) is 26.4. The van der Waals surface area contributed by atoms with Crippen LogP contribution < -0.4 is 10.1 Å². The molecular formula is C16H23ClN2O. The zero-order chi connectivity index (χ0) is 13.8. The summed E-state index contributed by atoms with van der Waals surface area (Å²) in [4.78, 5) is 2.65. The minimum absolute atomic E-state index is 0.755. The van der Waals surface area contributed by atoms with Crippen LogP contribution in [-0.4, -0.2) is 43.7 Å². The van der Waals surface area contributed by atoms with Gasteiger partial charge in [0.05, 0.1) is 6.61 Å². The van der Waals surface area contributed by atoms with E-state index in [0.29, 0.717) is 0 Å². The van der Waals surface area contributed by atoms with E-state index in [-0.39, 0.29) is 0 Å². The van der Waals surface area contributed by atoms with Crippen LogP contribution in [0.2, 0.25) is 5.02 Å². The van der Waals surface area contributed by atoms with E-state index in [1.165, 1.54) is 32.5 Å². The molecule has 2 aliphatic heterocycles. The SMILES string of the molecule is Clc1ccc(OCCCN2CCCC3CNCC32)cc1. The second-order valence-corrected chi connectivity index (χ2v) is 6.26. The molecular weight excluding hydrogens is 272 g/mol. The van der Waals surface area contributed by atoms with Crippen molar-refractivity contribution in [3.63, 3.8) is 0 Å². The highest BCUT2D eigenvalue weighted by Gasteiger charge is 2.34. The number of benzene rings is 1. The third-order valence-corrected chi connectivity index (χ3v) is 4.72. The Morgan fingerprint density at radius 2 is 2.10 bits per heavy atom. The molecule has 1 aromatic carbocycles. The molecule has 4 heteroatoms. The van der Waals surface area contributed by atoms with Gasteiger partial charge in [0.2, 0.25) is 0 Å². The third kappa shape index (κ3) is 3.46. The van der Waals surface area contributed by atoms with Gasteiger partial charge in [-0.2, -0.15) is 0 Å². The number of fused-ring (bicyclic) bond motifs is 1. The quantitative estimate of drug-likeness (QED) is 0.845. The topological polar surface area (TPSA) is 24.5 Å². The van der Waals surface area contributed by atoms with Crippen molar-refractivity contribution >= 4 is 11.6 Å². The van der Waals surface area contributed by atoms with Crippen LogP contribution in [0.5, 0.6) is 5.75 Å². The molecule has 3 nitrogen and oxygen atoms in total. The van der Waals surface area contributed by atoms with Crippen molar-refractivity contribution in [1.82, 2.24) is 10.2 Å². The second kappa shape index (κ2) is 6.79. The molecule has 3 rings (SSSR count). The molecule has 0 aromatic heterocycles. The van der Waals surface area contributed by atoms with Crippen molar-refractivity contribution in [3.05, 3.63) is 29.3 Å². The summed E-state index contributed by atoms with van der Waals surface area (Å²) >= 11 is 5.86. The van der Waals surface area contributed by atoms with Gasteiger partial charge in [-0.05, 0) is 62.5 Å². The van der Waals surface area contributed by atoms with Crippen LogP contribution in [0.3, 0.4) is 0 Å². The van der Waals surface area contributed by atoms with E-state index in [1.807, 2.05) is 24.3 Å². The molecule has 2 atom stereocenters. The average molecular weight is 295 g/mol. The van der Waals surface area contributed by atoms with Crippen LogP contribution in [0.15, 0.2) is 24.3 Å². The molecule has 2 saturated heterocycles. The number of hydrogen-bond donors (Lipinski definition) is 1. The van der Waals surface area contributed by atoms with Crippen molar-refractivity contribution in [1.29, 1.82) is 0 Å². The largest absolute Gasteiger partial charge is 0.494 e. The van der Waals surface area contributed by atoms with Gasteiger partial charge in [0, 0.05) is 24.2 Å². The molecule has 0 radical (unpaired) electrons. The first kappa shape index (κ1) is 14.2. The molecule has 2 unspecified atom stereocenters. The summed E-state index contributed by atoms with van der Waals surface area (Å²) in [6.07, 6.45) is 3.84. The molecule has 20 heavy (non-hydrogen) atoms. The summed E-state index contributed by atoms with van der Waals surface area (Å²) in [7, 11) is 0. The molecule has 2 aliphatic rings. The summed E-state index contributed by atoms with van der Waals surface area (Å²) in [6, 6.07) is 8.37. The molecule has 0 spiro atoms. The van der Waals surface area contributed by atoms with Crippen LogP contribution in [0.1, 0.15) is 19.3 Å². The summed E-state index contributed by atoms with van der Waals surface area (Å²) in [6.45, 7) is 5.56. The van der Waals surface area contributed by atoms with Crippen LogP contribution in [-0.2, 0) is 0 Å². The second-order valence-electron chi connectivity index (χ2n) is 5.82. The van der Waals surface area contributed by atoms with E-state index >= 15 is 0 Å². The Balaban J connectivity index is 1.40. The van der Waals surface area contributed by atoms with Crippen molar-refractivity contribution < 1.29 is 4.74 Å². The zero-order valence-corrected chi connectivity index (χ0v) is 12.6. The highest BCUT2D eigenvalue weighted by atomic mass is 35.5. The molecule has 0 saturated carbocycles. The maximum Gasteiger partial charge on any atom is 0.119 e. The Kier molecular flexibility index (Phi) is 4.81. The lowest BCUT2D eigenvalue weighted by Gasteiger charge is -2.37. The van der Waals surface area contributed by atoms with Crippen molar-refractivity contribution in [2.45, 2.75) is 25.3 Å². The van der Waals surface area contributed by atoms with Gasteiger partial charge in [0.15, 0.2) is 0 Å². The Morgan fingerprint density at radius 3 is 2.95 bits per heavy atom. The maximum atomic E-state index is 5.86. The fourth-order valence-electron chi connectivity index (χ4n) is 3.43. The highest BCUT2D eigenvalue weighted by Crippen LogP contribution is 2.26. The minimum atomic E-state index is 0.755. The van der Waals surface area contributed by atoms with Gasteiger partial charge in [-0.1, -0.05) is 11.6 Å². The standard InChI is InChI=1S/C16H23ClN2O/c17-14-4-6-15(7-5-14)20-10-2-9-19-8-1-3-13-11-18-12-16(13)19/h4-7,13,16,18H,1-3,8-12H2. The number of nitrogens with zero attached hydrogens (tertiary/aromatic N) is 1. The van der Waals surface area contributed by atoms with Gasteiger partial charge < -0.3 is 10.1 Å². The molecule has 1 aromatic rings. The van der Waals surface area contributed by atoms with E-state index in [0.717, 1.165) is 42.3 Å². The van der Waals surface area contributed by atoms with E-state index in [4.69, 9.17) is 16.3 Å². The third-order valence-electron chi connectivity index (χ3n) is 4.47. The molecule has 1 N–H and O–H groups in total. The number of piperidine rings is 1. The van der Waals surface area contributed by atoms with E-state index in [2.05, 4.69) is 10.2 Å². The summed E-state index contributed by atoms with van der Waals surface area (Å²) in [5, 5.41) is 4.29. The van der Waals surface area contributed by atoms with E-state index < -0.39 is 0 Å². The lowest BCUT2D eigenvalue weighted by molar-refractivity contribution is 0.117. The number of nitrogens with one attached hydrogen (secondary N) is 1. The van der Waals surface area contributed by atoms with Crippen LogP contribution in [0.4, 0.5) is 0 Å². The predicted molar refractivity (Wildman–Crippen MR) is 82.5 cm³/mol. The lowest BCUT2D eigenvalue weighted by atomic mass is 9.92. The van der Waals surface area contributed by atoms with Crippen molar-refractivity contribution in [3.8, 4) is 5.75 Å². The minimum Gasteiger partial charge on any atom is -0.494 e. The van der Waals surface area contributed by atoms with E-state index in [1.54, 1.807) is 0 Å². The Bertz CT molecular complexity index is 423. The van der Waals surface area contributed by atoms with Gasteiger partial charge >= 0.3 is 0 Å². The Hall–Kier alpha value is -0.770. The number of rotatable bonds is 5. The summed E-state index contributed by atoms with van der Waals surface area (Å²) in [5.41, 5.74) is 0. The number of halogens is 1. The summed E-state index contributed by atoms with van der Waals surface area (Å²) < 4.78 is 5.76. The highest BCUT2D eigenvalue weighted by molar-refractivity contribution is 6.30. The predicted octanol–water partition coefficient (Wildman–Crippen LogP) is 2.79. The average Bonchev–Trinajstić information content (AvgIpc) is 2.94. The van der Waals surface area contributed by atoms with Gasteiger partial charge in [0.25, 0.3) is 0 Å². The van der Waals surface area contributed by atoms with Gasteiger partial charge in [-0.25, -0.2) is 0 Å². The molecule has 110 valence electrons. The first-order chi connectivity index (χ1) is 9.83. The first-order valence-electron chi connectivity index (χ1n) is 7.66. The molecule has 0 aliphatic carbocycles. The zero-order valence-electron chi connectivity index (χ0n) is 11.9. The molecule has 2 fully saturated rings. The smallest absolute Gasteiger partial charge is 0.119 e. The van der Waals surface area contributed by atoms with Crippen LogP contribution in [0.25, 0.3) is 0 Å². The van der Waals surface area contributed by atoms with Crippen LogP contribution >= 0.6 is 11.6 Å². The fraction of sp³-hybridized carbons (Fsp3) is 0.625. The Morgan fingerprint density at radius 1 is 1.25 bits per heavy atom. The monoisotopic (exact) mass is 294 g/mol. The van der Waals surface area contributed by atoms with Crippen molar-refractivity contribution in [2.24, 2.45) is 5.92 Å². The fourth-order valence-corrected chi connectivity index (χ4v) is 3.56. The number of hydrogen-bond acceptors (Lipinski definition) is 3. The molecule has 2 heterocycles. The Labute approximate surface area is 126 Å². The summed E-state index contributed by atoms with van der Waals surface area (Å²) in [5.74, 6) is 1.79. The van der Waals surface area contributed by atoms with Gasteiger partial charge in [0.1, 0.15) is 5.75 Å². The van der Waals surface area contributed by atoms with Gasteiger partial charge in [-0.15, -0.1) is 0 Å². The molecule has 0 amide bonds. The molecule has 0 bridgehead atoms. The van der Waals surface area contributed by atoms with Crippen LogP contribution in [0, 0.1) is 5.92 Å². The lowest BCUT2D eigenvalue weighted by Crippen LogP contribution is -2.45. The number of likely N-dealkylation sites (tertiary alicyclic amines) is 1. The van der Waals surface area contributed by atoms with Gasteiger partial charge in [-0.3, -0.25) is 4.90 Å². The van der Waals surface area contributed by atoms with Crippen molar-refractivity contribution in [2.75, 3.05) is 32.8 Å². The first-order valence-corrected chi connectivity index (χ1v) is 8.04. The number of ether oxygens (including phenoxy) is 1. The maximum absolute atomic E-state index is 5.86. The van der Waals surface area contributed by atoms with E-state index in [9.17, 15) is 0 Å².